The number of nitrogens with one attached hydrogen (secondary N) is 1. The number of hydrogen-bond donors (Lipinski definition) is 2. The molecule has 3 nitrogen and oxygen atoms in total. The SMILES string of the molecule is Cc1ccc(NCC(O)Cn2c(C)c(C)c3ccccc32)cc1Cl. The molecule has 3 rings (SSSR count). The number of hydrogen-bond acceptors (Lipinski definition) is 2. The van der Waals surface area contributed by atoms with Crippen molar-refractivity contribution >= 4 is 28.2 Å². The molecule has 3 aromatic rings. The van der Waals surface area contributed by atoms with Crippen LogP contribution in [0.4, 0.5) is 5.69 Å². The molecule has 0 aliphatic heterocycles. The molecular formula is C20H23ClN2O. The van der Waals surface area contributed by atoms with Crippen molar-refractivity contribution in [2.24, 2.45) is 0 Å². The van der Waals surface area contributed by atoms with Crippen LogP contribution in [-0.2, 0) is 6.54 Å². The van der Waals surface area contributed by atoms with Crippen molar-refractivity contribution in [1.29, 1.82) is 0 Å². The van der Waals surface area contributed by atoms with Gasteiger partial charge in [0, 0.05) is 33.9 Å². The Kier molecular flexibility index (Phi) is 4.83. The smallest absolute Gasteiger partial charge is 0.0891 e. The Balaban J connectivity index is 1.72. The molecule has 0 radical (unpaired) electrons. The summed E-state index contributed by atoms with van der Waals surface area (Å²) in [4.78, 5) is 0. The maximum atomic E-state index is 10.5. The normalized spacial score (nSPS) is 12.5. The fourth-order valence-corrected chi connectivity index (χ4v) is 3.23. The van der Waals surface area contributed by atoms with Crippen LogP contribution in [0.5, 0.6) is 0 Å². The summed E-state index contributed by atoms with van der Waals surface area (Å²) in [6.07, 6.45) is -0.487. The van der Waals surface area contributed by atoms with Gasteiger partial charge in [-0.2, -0.15) is 0 Å². The lowest BCUT2D eigenvalue weighted by Gasteiger charge is -2.16. The lowest BCUT2D eigenvalue weighted by atomic mass is 10.2. The van der Waals surface area contributed by atoms with E-state index in [0.29, 0.717) is 13.1 Å². The number of halogens is 1. The highest BCUT2D eigenvalue weighted by molar-refractivity contribution is 6.31. The summed E-state index contributed by atoms with van der Waals surface area (Å²) in [7, 11) is 0. The Morgan fingerprint density at radius 1 is 1.12 bits per heavy atom. The number of nitrogens with zero attached hydrogens (tertiary/aromatic N) is 1. The highest BCUT2D eigenvalue weighted by atomic mass is 35.5. The first kappa shape index (κ1) is 16.9. The molecule has 0 bridgehead atoms. The van der Waals surface area contributed by atoms with Crippen LogP contribution in [0.2, 0.25) is 5.02 Å². The monoisotopic (exact) mass is 342 g/mol. The molecule has 0 spiro atoms. The van der Waals surface area contributed by atoms with E-state index in [1.54, 1.807) is 0 Å². The molecule has 2 aromatic carbocycles. The third kappa shape index (κ3) is 3.28. The first-order valence-corrected chi connectivity index (χ1v) is 8.57. The van der Waals surface area contributed by atoms with Crippen LogP contribution in [0, 0.1) is 20.8 Å². The van der Waals surface area contributed by atoms with Crippen LogP contribution in [0.15, 0.2) is 42.5 Å². The van der Waals surface area contributed by atoms with E-state index in [0.717, 1.165) is 16.3 Å². The second-order valence-corrected chi connectivity index (χ2v) is 6.74. The lowest BCUT2D eigenvalue weighted by molar-refractivity contribution is 0.167. The quantitative estimate of drug-likeness (QED) is 0.705. The highest BCUT2D eigenvalue weighted by Gasteiger charge is 2.13. The van der Waals surface area contributed by atoms with Gasteiger partial charge in [0.25, 0.3) is 0 Å². The minimum atomic E-state index is -0.487. The first-order chi connectivity index (χ1) is 11.5. The van der Waals surface area contributed by atoms with Gasteiger partial charge in [0.1, 0.15) is 0 Å². The Morgan fingerprint density at radius 3 is 2.62 bits per heavy atom. The van der Waals surface area contributed by atoms with Gasteiger partial charge >= 0.3 is 0 Å². The van der Waals surface area contributed by atoms with E-state index in [-0.39, 0.29) is 0 Å². The third-order valence-electron chi connectivity index (χ3n) is 4.65. The second kappa shape index (κ2) is 6.88. The Hall–Kier alpha value is -1.97. The molecule has 1 unspecified atom stereocenters. The van der Waals surface area contributed by atoms with Crippen LogP contribution < -0.4 is 5.32 Å². The number of para-hydroxylation sites is 1. The van der Waals surface area contributed by atoms with Crippen molar-refractivity contribution in [1.82, 2.24) is 4.57 Å². The summed E-state index contributed by atoms with van der Waals surface area (Å²) >= 11 is 6.14. The van der Waals surface area contributed by atoms with Crippen molar-refractivity contribution in [2.75, 3.05) is 11.9 Å². The average molecular weight is 343 g/mol. The van der Waals surface area contributed by atoms with Crippen molar-refractivity contribution in [2.45, 2.75) is 33.4 Å². The van der Waals surface area contributed by atoms with Crippen LogP contribution in [0.1, 0.15) is 16.8 Å². The van der Waals surface area contributed by atoms with Gasteiger partial charge in [-0.05, 0) is 50.1 Å². The van der Waals surface area contributed by atoms with Gasteiger partial charge < -0.3 is 15.0 Å². The maximum absolute atomic E-state index is 10.5. The molecule has 4 heteroatoms. The molecule has 126 valence electrons. The summed E-state index contributed by atoms with van der Waals surface area (Å²) in [6, 6.07) is 14.2. The van der Waals surface area contributed by atoms with E-state index in [9.17, 15) is 5.11 Å². The molecule has 0 saturated carbocycles. The average Bonchev–Trinajstić information content (AvgIpc) is 2.81. The number of rotatable bonds is 5. The molecule has 0 saturated heterocycles. The minimum Gasteiger partial charge on any atom is -0.389 e. The van der Waals surface area contributed by atoms with Crippen molar-refractivity contribution in [3.8, 4) is 0 Å². The molecule has 0 fully saturated rings. The summed E-state index contributed by atoms with van der Waals surface area (Å²) in [5, 5.41) is 15.7. The molecule has 1 aromatic heterocycles. The van der Waals surface area contributed by atoms with Gasteiger partial charge in [-0.25, -0.2) is 0 Å². The van der Waals surface area contributed by atoms with Gasteiger partial charge in [-0.15, -0.1) is 0 Å². The first-order valence-electron chi connectivity index (χ1n) is 8.20. The topological polar surface area (TPSA) is 37.2 Å². The standard InChI is InChI=1S/C20H23ClN2O/c1-13-8-9-16(10-19(13)21)22-11-17(24)12-23-15(3)14(2)18-6-4-5-7-20(18)23/h4-10,17,22,24H,11-12H2,1-3H3. The number of aliphatic hydroxyl groups excluding tert-OH is 1. The van der Waals surface area contributed by atoms with E-state index < -0.39 is 6.10 Å². The van der Waals surface area contributed by atoms with Crippen LogP contribution in [0.3, 0.4) is 0 Å². The Bertz CT molecular complexity index is 869. The van der Waals surface area contributed by atoms with E-state index in [2.05, 4.69) is 41.9 Å². The summed E-state index contributed by atoms with van der Waals surface area (Å²) < 4.78 is 2.19. The second-order valence-electron chi connectivity index (χ2n) is 6.34. The largest absolute Gasteiger partial charge is 0.389 e. The van der Waals surface area contributed by atoms with Gasteiger partial charge in [-0.3, -0.25) is 0 Å². The van der Waals surface area contributed by atoms with E-state index in [4.69, 9.17) is 11.6 Å². The van der Waals surface area contributed by atoms with Crippen molar-refractivity contribution in [3.05, 3.63) is 64.3 Å². The van der Waals surface area contributed by atoms with Gasteiger partial charge in [0.05, 0.1) is 12.6 Å². The van der Waals surface area contributed by atoms with Gasteiger partial charge in [0.15, 0.2) is 0 Å². The molecule has 2 N–H and O–H groups in total. The Morgan fingerprint density at radius 2 is 1.88 bits per heavy atom. The molecule has 0 aliphatic carbocycles. The fraction of sp³-hybridized carbons (Fsp3) is 0.300. The molecule has 1 atom stereocenters. The molecule has 0 amide bonds. The highest BCUT2D eigenvalue weighted by Crippen LogP contribution is 2.25. The van der Waals surface area contributed by atoms with E-state index in [1.807, 2.05) is 31.2 Å². The number of benzene rings is 2. The van der Waals surface area contributed by atoms with Crippen molar-refractivity contribution in [3.63, 3.8) is 0 Å². The van der Waals surface area contributed by atoms with Gasteiger partial charge in [-0.1, -0.05) is 35.9 Å². The molecular weight excluding hydrogens is 320 g/mol. The Labute approximate surface area is 147 Å². The number of aryl methyl sites for hydroxylation is 2. The zero-order valence-corrected chi connectivity index (χ0v) is 15.1. The summed E-state index contributed by atoms with van der Waals surface area (Å²) in [5.41, 5.74) is 5.62. The number of anilines is 1. The van der Waals surface area contributed by atoms with E-state index in [1.165, 1.54) is 22.2 Å². The fourth-order valence-electron chi connectivity index (χ4n) is 3.05. The number of aliphatic hydroxyl groups is 1. The van der Waals surface area contributed by atoms with E-state index >= 15 is 0 Å². The molecule has 1 heterocycles. The zero-order valence-electron chi connectivity index (χ0n) is 14.3. The predicted octanol–water partition coefficient (Wildman–Crippen LogP) is 4.69. The lowest BCUT2D eigenvalue weighted by Crippen LogP contribution is -2.25. The number of aromatic nitrogens is 1. The summed E-state index contributed by atoms with van der Waals surface area (Å²) in [5.74, 6) is 0. The molecule has 0 aliphatic rings. The number of fused-ring (bicyclic) bond motifs is 1. The zero-order chi connectivity index (χ0) is 17.3. The minimum absolute atomic E-state index is 0.477. The van der Waals surface area contributed by atoms with Gasteiger partial charge in [0.2, 0.25) is 0 Å². The maximum Gasteiger partial charge on any atom is 0.0891 e. The van der Waals surface area contributed by atoms with Crippen LogP contribution >= 0.6 is 11.6 Å². The summed E-state index contributed by atoms with van der Waals surface area (Å²) in [6.45, 7) is 7.25. The third-order valence-corrected chi connectivity index (χ3v) is 5.06. The van der Waals surface area contributed by atoms with Crippen molar-refractivity contribution < 1.29 is 5.11 Å². The van der Waals surface area contributed by atoms with Crippen LogP contribution in [0.25, 0.3) is 10.9 Å². The molecule has 24 heavy (non-hydrogen) atoms. The predicted molar refractivity (Wildman–Crippen MR) is 102 cm³/mol. The van der Waals surface area contributed by atoms with Crippen LogP contribution in [-0.4, -0.2) is 22.3 Å².